The molecule has 1 saturated carbocycles. The second-order valence-corrected chi connectivity index (χ2v) is 6.91. The molecule has 2 fully saturated rings. The van der Waals surface area contributed by atoms with E-state index in [2.05, 4.69) is 32.7 Å². The molecule has 1 aliphatic carbocycles. The number of nitrogens with zero attached hydrogens (tertiary/aromatic N) is 2. The molecule has 0 spiro atoms. The Morgan fingerprint density at radius 3 is 2.69 bits per heavy atom. The number of benzene rings is 1. The van der Waals surface area contributed by atoms with Gasteiger partial charge in [0.1, 0.15) is 11.5 Å². The highest BCUT2D eigenvalue weighted by molar-refractivity contribution is 14.0. The maximum atomic E-state index is 5.94. The van der Waals surface area contributed by atoms with E-state index in [9.17, 15) is 0 Å². The van der Waals surface area contributed by atoms with Crippen LogP contribution in [0.25, 0.3) is 11.3 Å². The van der Waals surface area contributed by atoms with E-state index in [1.807, 2.05) is 37.4 Å². The fourth-order valence-corrected chi connectivity index (χ4v) is 3.47. The molecular weight excluding hydrogens is 439 g/mol. The monoisotopic (exact) mass is 466 g/mol. The number of hydrogen-bond acceptors (Lipinski definition) is 3. The number of aliphatic imine (C=N–C) groups is 1. The van der Waals surface area contributed by atoms with Crippen LogP contribution in [0.5, 0.6) is 0 Å². The predicted octanol–water partition coefficient (Wildman–Crippen LogP) is 3.47. The molecule has 5 nitrogen and oxygen atoms in total. The fourth-order valence-electron chi connectivity index (χ4n) is 3.47. The molecule has 26 heavy (non-hydrogen) atoms. The van der Waals surface area contributed by atoms with Crippen LogP contribution in [-0.2, 0) is 6.54 Å². The van der Waals surface area contributed by atoms with Gasteiger partial charge in [0.25, 0.3) is 0 Å². The lowest BCUT2D eigenvalue weighted by Gasteiger charge is -2.18. The molecule has 0 radical (unpaired) electrons. The average Bonchev–Trinajstić information content (AvgIpc) is 3.21. The largest absolute Gasteiger partial charge is 0.459 e. The summed E-state index contributed by atoms with van der Waals surface area (Å²) in [6, 6.07) is 15.6. The normalized spacial score (nSPS) is 20.7. The first kappa shape index (κ1) is 19.2. The van der Waals surface area contributed by atoms with Gasteiger partial charge in [0.15, 0.2) is 5.96 Å². The molecule has 2 N–H and O–H groups in total. The summed E-state index contributed by atoms with van der Waals surface area (Å²) in [6.07, 6.45) is 3.94. The molecule has 2 heterocycles. The van der Waals surface area contributed by atoms with Gasteiger partial charge in [-0.1, -0.05) is 30.3 Å². The van der Waals surface area contributed by atoms with Crippen molar-refractivity contribution < 1.29 is 4.42 Å². The van der Waals surface area contributed by atoms with Crippen LogP contribution in [0.1, 0.15) is 25.0 Å². The minimum Gasteiger partial charge on any atom is -0.459 e. The van der Waals surface area contributed by atoms with E-state index < -0.39 is 0 Å². The molecule has 0 amide bonds. The lowest BCUT2D eigenvalue weighted by Crippen LogP contribution is -2.44. The minimum atomic E-state index is 0. The zero-order valence-corrected chi connectivity index (χ0v) is 17.5. The Morgan fingerprint density at radius 2 is 1.96 bits per heavy atom. The zero-order valence-electron chi connectivity index (χ0n) is 15.1. The molecule has 6 heteroatoms. The van der Waals surface area contributed by atoms with E-state index >= 15 is 0 Å². The highest BCUT2D eigenvalue weighted by Crippen LogP contribution is 2.29. The molecule has 4 rings (SSSR count). The molecule has 2 aliphatic rings. The van der Waals surface area contributed by atoms with Crippen LogP contribution in [0, 0.1) is 0 Å². The third-order valence-corrected chi connectivity index (χ3v) is 5.00. The highest BCUT2D eigenvalue weighted by atomic mass is 127. The second kappa shape index (κ2) is 8.90. The number of guanidine groups is 1. The van der Waals surface area contributed by atoms with Crippen LogP contribution in [0.3, 0.4) is 0 Å². The van der Waals surface area contributed by atoms with Crippen molar-refractivity contribution >= 4 is 29.9 Å². The van der Waals surface area contributed by atoms with Crippen molar-refractivity contribution in [1.29, 1.82) is 0 Å². The van der Waals surface area contributed by atoms with Crippen LogP contribution >= 0.6 is 24.0 Å². The molecule has 1 atom stereocenters. The van der Waals surface area contributed by atoms with E-state index in [0.717, 1.165) is 35.6 Å². The lowest BCUT2D eigenvalue weighted by molar-refractivity contribution is 0.321. The Hall–Kier alpha value is -1.54. The Bertz CT molecular complexity index is 726. The molecule has 1 saturated heterocycles. The molecule has 0 bridgehead atoms. The van der Waals surface area contributed by atoms with Crippen LogP contribution in [0.4, 0.5) is 0 Å². The Balaban J connectivity index is 0.00000196. The standard InChI is InChI=1S/C20H26N4O.HI/c1-21-20(23-16-11-12-24(14-16)17-7-8-17)22-13-18-9-10-19(25-18)15-5-3-2-4-6-15;/h2-6,9-10,16-17H,7-8,11-14H2,1H3,(H2,21,22,23);1H. The SMILES string of the molecule is CN=C(NCc1ccc(-c2ccccc2)o1)NC1CCN(C2CC2)C1.I. The van der Waals surface area contributed by atoms with E-state index in [0.29, 0.717) is 12.6 Å². The van der Waals surface area contributed by atoms with Crippen LogP contribution in [0.15, 0.2) is 51.9 Å². The summed E-state index contributed by atoms with van der Waals surface area (Å²) in [5, 5.41) is 6.91. The van der Waals surface area contributed by atoms with Crippen molar-refractivity contribution in [1.82, 2.24) is 15.5 Å². The van der Waals surface area contributed by atoms with Crippen LogP contribution in [0.2, 0.25) is 0 Å². The molecule has 2 aromatic rings. The average molecular weight is 466 g/mol. The van der Waals surface area contributed by atoms with Crippen molar-refractivity contribution in [2.45, 2.75) is 37.9 Å². The topological polar surface area (TPSA) is 52.8 Å². The van der Waals surface area contributed by atoms with Gasteiger partial charge >= 0.3 is 0 Å². The molecular formula is C20H27IN4O. The van der Waals surface area contributed by atoms with Gasteiger partial charge in [0.05, 0.1) is 6.54 Å². The first-order valence-corrected chi connectivity index (χ1v) is 9.17. The highest BCUT2D eigenvalue weighted by Gasteiger charge is 2.34. The summed E-state index contributed by atoms with van der Waals surface area (Å²) in [6.45, 7) is 2.97. The van der Waals surface area contributed by atoms with Crippen molar-refractivity contribution in [2.24, 2.45) is 4.99 Å². The summed E-state index contributed by atoms with van der Waals surface area (Å²) in [4.78, 5) is 6.95. The maximum Gasteiger partial charge on any atom is 0.191 e. The smallest absolute Gasteiger partial charge is 0.191 e. The van der Waals surface area contributed by atoms with Crippen molar-refractivity contribution in [2.75, 3.05) is 20.1 Å². The third-order valence-electron chi connectivity index (χ3n) is 5.00. The van der Waals surface area contributed by atoms with Gasteiger partial charge in [0.2, 0.25) is 0 Å². The quantitative estimate of drug-likeness (QED) is 0.403. The van der Waals surface area contributed by atoms with Crippen LogP contribution in [-0.4, -0.2) is 43.1 Å². The second-order valence-electron chi connectivity index (χ2n) is 6.91. The Morgan fingerprint density at radius 1 is 1.15 bits per heavy atom. The van der Waals surface area contributed by atoms with Crippen LogP contribution < -0.4 is 10.6 Å². The van der Waals surface area contributed by atoms with Gasteiger partial charge in [-0.3, -0.25) is 9.89 Å². The number of nitrogens with one attached hydrogen (secondary N) is 2. The van der Waals surface area contributed by atoms with Gasteiger partial charge in [-0.2, -0.15) is 0 Å². The van der Waals surface area contributed by atoms with Gasteiger partial charge in [0, 0.05) is 37.8 Å². The number of likely N-dealkylation sites (tertiary alicyclic amines) is 1. The summed E-state index contributed by atoms with van der Waals surface area (Å²) in [5.74, 6) is 2.66. The summed E-state index contributed by atoms with van der Waals surface area (Å²) >= 11 is 0. The number of hydrogen-bond donors (Lipinski definition) is 2. The maximum absolute atomic E-state index is 5.94. The Labute approximate surface area is 172 Å². The van der Waals surface area contributed by atoms with Gasteiger partial charge in [-0.25, -0.2) is 0 Å². The number of rotatable bonds is 5. The number of furan rings is 1. The van der Waals surface area contributed by atoms with Gasteiger partial charge in [-0.05, 0) is 31.4 Å². The molecule has 1 aliphatic heterocycles. The molecule has 140 valence electrons. The van der Waals surface area contributed by atoms with E-state index in [-0.39, 0.29) is 24.0 Å². The lowest BCUT2D eigenvalue weighted by atomic mass is 10.2. The summed E-state index contributed by atoms with van der Waals surface area (Å²) in [5.41, 5.74) is 1.10. The van der Waals surface area contributed by atoms with Crippen molar-refractivity contribution in [3.8, 4) is 11.3 Å². The molecule has 1 unspecified atom stereocenters. The zero-order chi connectivity index (χ0) is 17.1. The van der Waals surface area contributed by atoms with Crippen molar-refractivity contribution in [3.63, 3.8) is 0 Å². The Kier molecular flexibility index (Phi) is 6.58. The predicted molar refractivity (Wildman–Crippen MR) is 116 cm³/mol. The van der Waals surface area contributed by atoms with Gasteiger partial charge < -0.3 is 15.1 Å². The molecule has 1 aromatic carbocycles. The first-order valence-electron chi connectivity index (χ1n) is 9.17. The number of halogens is 1. The summed E-state index contributed by atoms with van der Waals surface area (Å²) in [7, 11) is 1.82. The van der Waals surface area contributed by atoms with Gasteiger partial charge in [-0.15, -0.1) is 24.0 Å². The molecule has 1 aromatic heterocycles. The fraction of sp³-hybridized carbons (Fsp3) is 0.450. The minimum absolute atomic E-state index is 0. The summed E-state index contributed by atoms with van der Waals surface area (Å²) < 4.78 is 5.94. The van der Waals surface area contributed by atoms with E-state index in [1.165, 1.54) is 25.8 Å². The third kappa shape index (κ3) is 4.79. The first-order chi connectivity index (χ1) is 12.3. The van der Waals surface area contributed by atoms with Crippen molar-refractivity contribution in [3.05, 3.63) is 48.2 Å². The van der Waals surface area contributed by atoms with E-state index in [1.54, 1.807) is 0 Å². The van der Waals surface area contributed by atoms with E-state index in [4.69, 9.17) is 4.42 Å².